The lowest BCUT2D eigenvalue weighted by molar-refractivity contribution is 0.402. The van der Waals surface area contributed by atoms with Crippen molar-refractivity contribution in [3.8, 4) is 17.6 Å². The van der Waals surface area contributed by atoms with Gasteiger partial charge in [0.25, 0.3) is 0 Å². The monoisotopic (exact) mass is 310 g/mol. The first-order valence-electron chi connectivity index (χ1n) is 6.81. The van der Waals surface area contributed by atoms with E-state index >= 15 is 0 Å². The lowest BCUT2D eigenvalue weighted by atomic mass is 10.1. The van der Waals surface area contributed by atoms with E-state index < -0.39 is 10.0 Å². The maximum atomic E-state index is 12.4. The van der Waals surface area contributed by atoms with Gasteiger partial charge >= 0.3 is 0 Å². The van der Waals surface area contributed by atoms with Gasteiger partial charge in [0.15, 0.2) is 0 Å². The number of sulfonamides is 1. The molecule has 0 radical (unpaired) electrons. The zero-order valence-corrected chi connectivity index (χ0v) is 13.5. The fraction of sp³-hybridized carbons (Fsp3) is 0.467. The molecule has 0 heterocycles. The molecule has 0 aliphatic heterocycles. The number of hydrogen-bond acceptors (Lipinski definition) is 4. The maximum absolute atomic E-state index is 12.4. The molecule has 21 heavy (non-hydrogen) atoms. The van der Waals surface area contributed by atoms with Crippen LogP contribution in [-0.4, -0.2) is 28.6 Å². The average molecular weight is 310 g/mol. The predicted octanol–water partition coefficient (Wildman–Crippen LogP) is 1.33. The first-order valence-corrected chi connectivity index (χ1v) is 8.29. The number of benzene rings is 1. The largest absolute Gasteiger partial charge is 0.495 e. The van der Waals surface area contributed by atoms with E-state index in [4.69, 9.17) is 10.5 Å². The molecule has 1 aromatic carbocycles. The summed E-state index contributed by atoms with van der Waals surface area (Å²) in [5.41, 5.74) is 5.91. The van der Waals surface area contributed by atoms with Crippen molar-refractivity contribution >= 4 is 10.0 Å². The van der Waals surface area contributed by atoms with Crippen LogP contribution in [0.1, 0.15) is 25.8 Å². The normalized spacial score (nSPS) is 12.4. The first kappa shape index (κ1) is 17.5. The van der Waals surface area contributed by atoms with Crippen molar-refractivity contribution in [3.05, 3.63) is 23.8 Å². The molecule has 0 aliphatic carbocycles. The highest BCUT2D eigenvalue weighted by atomic mass is 32.2. The van der Waals surface area contributed by atoms with E-state index in [0.29, 0.717) is 17.9 Å². The quantitative estimate of drug-likeness (QED) is 0.777. The van der Waals surface area contributed by atoms with Gasteiger partial charge in [-0.05, 0) is 24.1 Å². The van der Waals surface area contributed by atoms with Crippen LogP contribution in [0.4, 0.5) is 0 Å². The van der Waals surface area contributed by atoms with E-state index in [1.54, 1.807) is 12.1 Å². The van der Waals surface area contributed by atoms with Crippen molar-refractivity contribution in [2.24, 2.45) is 11.7 Å². The molecular weight excluding hydrogens is 288 g/mol. The summed E-state index contributed by atoms with van der Waals surface area (Å²) in [4.78, 5) is 0.0946. The van der Waals surface area contributed by atoms with Crippen LogP contribution in [0.5, 0.6) is 5.75 Å². The maximum Gasteiger partial charge on any atom is 0.244 e. The Balaban J connectivity index is 3.13. The molecule has 0 amide bonds. The van der Waals surface area contributed by atoms with E-state index in [1.165, 1.54) is 13.2 Å². The highest BCUT2D eigenvalue weighted by molar-refractivity contribution is 7.89. The van der Waals surface area contributed by atoms with Crippen LogP contribution in [0.2, 0.25) is 0 Å². The third kappa shape index (κ3) is 5.05. The van der Waals surface area contributed by atoms with Gasteiger partial charge in [-0.25, -0.2) is 13.1 Å². The second-order valence-corrected chi connectivity index (χ2v) is 6.47. The third-order valence-corrected chi connectivity index (χ3v) is 4.55. The van der Waals surface area contributed by atoms with Crippen molar-refractivity contribution in [2.45, 2.75) is 25.2 Å². The van der Waals surface area contributed by atoms with Crippen LogP contribution in [0.3, 0.4) is 0 Å². The number of rotatable bonds is 6. The molecule has 0 aliphatic rings. The van der Waals surface area contributed by atoms with Crippen LogP contribution < -0.4 is 15.2 Å². The van der Waals surface area contributed by atoms with Crippen LogP contribution in [0.15, 0.2) is 23.1 Å². The number of methoxy groups -OCH3 is 1. The Kier molecular flexibility index (Phi) is 6.69. The molecular formula is C15H22N2O3S. The Morgan fingerprint density at radius 3 is 2.71 bits per heavy atom. The highest BCUT2D eigenvalue weighted by Crippen LogP contribution is 2.24. The van der Waals surface area contributed by atoms with Crippen molar-refractivity contribution in [2.75, 3.05) is 20.2 Å². The fourth-order valence-electron chi connectivity index (χ4n) is 1.59. The van der Waals surface area contributed by atoms with Gasteiger partial charge in [0.1, 0.15) is 10.6 Å². The van der Waals surface area contributed by atoms with E-state index in [9.17, 15) is 8.42 Å². The summed E-state index contributed by atoms with van der Waals surface area (Å²) in [5, 5.41) is 0. The minimum Gasteiger partial charge on any atom is -0.495 e. The number of nitrogens with one attached hydrogen (secondary N) is 1. The number of ether oxygens (including phenoxy) is 1. The first-order chi connectivity index (χ1) is 9.94. The van der Waals surface area contributed by atoms with E-state index in [-0.39, 0.29) is 17.4 Å². The topological polar surface area (TPSA) is 81.4 Å². The summed E-state index contributed by atoms with van der Waals surface area (Å²) in [6.07, 6.45) is 0.904. The summed E-state index contributed by atoms with van der Waals surface area (Å²) in [6, 6.07) is 4.80. The Hall–Kier alpha value is -1.55. The highest BCUT2D eigenvalue weighted by Gasteiger charge is 2.20. The summed E-state index contributed by atoms with van der Waals surface area (Å²) in [6.45, 7) is 4.62. The lowest BCUT2D eigenvalue weighted by Gasteiger charge is -2.13. The second-order valence-electron chi connectivity index (χ2n) is 4.74. The van der Waals surface area contributed by atoms with Crippen molar-refractivity contribution in [1.29, 1.82) is 0 Å². The molecule has 0 fully saturated rings. The second kappa shape index (κ2) is 8.03. The van der Waals surface area contributed by atoms with Gasteiger partial charge in [0, 0.05) is 12.1 Å². The Morgan fingerprint density at radius 2 is 2.14 bits per heavy atom. The average Bonchev–Trinajstić information content (AvgIpc) is 2.50. The van der Waals surface area contributed by atoms with E-state index in [0.717, 1.165) is 6.42 Å². The van der Waals surface area contributed by atoms with Gasteiger partial charge in [-0.2, -0.15) is 0 Å². The standard InChI is InChI=1S/C15H22N2O3S/c1-4-12(2)11-17-21(18,19)15-10-13(6-5-9-16)7-8-14(15)20-3/h7-8,10,12,17H,4,9,11,16H2,1-3H3. The minimum atomic E-state index is -3.63. The Bertz CT molecular complexity index is 630. The molecule has 0 bridgehead atoms. The fourth-order valence-corrected chi connectivity index (χ4v) is 2.95. The molecule has 0 spiro atoms. The van der Waals surface area contributed by atoms with Gasteiger partial charge in [-0.1, -0.05) is 32.1 Å². The van der Waals surface area contributed by atoms with Crippen molar-refractivity contribution in [1.82, 2.24) is 4.72 Å². The molecule has 1 aromatic rings. The van der Waals surface area contributed by atoms with Crippen LogP contribution in [0.25, 0.3) is 0 Å². The molecule has 0 saturated heterocycles. The summed E-state index contributed by atoms with van der Waals surface area (Å²) < 4.78 is 32.5. The number of hydrogen-bond donors (Lipinski definition) is 2. The summed E-state index contributed by atoms with van der Waals surface area (Å²) in [5.74, 6) is 6.09. The third-order valence-electron chi connectivity index (χ3n) is 3.11. The van der Waals surface area contributed by atoms with Gasteiger partial charge in [0.05, 0.1) is 13.7 Å². The number of nitrogens with two attached hydrogens (primary N) is 1. The summed E-state index contributed by atoms with van der Waals surface area (Å²) in [7, 11) is -2.19. The summed E-state index contributed by atoms with van der Waals surface area (Å²) >= 11 is 0. The lowest BCUT2D eigenvalue weighted by Crippen LogP contribution is -2.28. The van der Waals surface area contributed by atoms with Gasteiger partial charge in [-0.3, -0.25) is 0 Å². The molecule has 1 unspecified atom stereocenters. The van der Waals surface area contributed by atoms with Crippen molar-refractivity contribution < 1.29 is 13.2 Å². The molecule has 3 N–H and O–H groups in total. The zero-order valence-electron chi connectivity index (χ0n) is 12.6. The Morgan fingerprint density at radius 1 is 1.43 bits per heavy atom. The van der Waals surface area contributed by atoms with Crippen LogP contribution in [0, 0.1) is 17.8 Å². The predicted molar refractivity (Wildman–Crippen MR) is 83.6 cm³/mol. The zero-order chi connectivity index (χ0) is 15.9. The Labute approximate surface area is 126 Å². The molecule has 116 valence electrons. The molecule has 1 rings (SSSR count). The molecule has 6 heteroatoms. The van der Waals surface area contributed by atoms with Gasteiger partial charge in [-0.15, -0.1) is 0 Å². The van der Waals surface area contributed by atoms with Crippen LogP contribution >= 0.6 is 0 Å². The van der Waals surface area contributed by atoms with Crippen LogP contribution in [-0.2, 0) is 10.0 Å². The SMILES string of the molecule is CCC(C)CNS(=O)(=O)c1cc(C#CCN)ccc1OC. The minimum absolute atomic E-state index is 0.0946. The van der Waals surface area contributed by atoms with E-state index in [2.05, 4.69) is 16.6 Å². The van der Waals surface area contributed by atoms with Gasteiger partial charge < -0.3 is 10.5 Å². The molecule has 0 aromatic heterocycles. The van der Waals surface area contributed by atoms with E-state index in [1.807, 2.05) is 13.8 Å². The van der Waals surface area contributed by atoms with Crippen molar-refractivity contribution in [3.63, 3.8) is 0 Å². The molecule has 0 saturated carbocycles. The molecule has 1 atom stereocenters. The molecule has 5 nitrogen and oxygen atoms in total. The smallest absolute Gasteiger partial charge is 0.244 e. The van der Waals surface area contributed by atoms with Gasteiger partial charge in [0.2, 0.25) is 10.0 Å².